The molecule has 1 rings (SSSR count). The van der Waals surface area contributed by atoms with Gasteiger partial charge in [0.25, 0.3) is 0 Å². The van der Waals surface area contributed by atoms with Crippen LogP contribution in [0.15, 0.2) is 12.2 Å². The molecule has 164 valence electrons. The Morgan fingerprint density at radius 3 is 1.64 bits per heavy atom. The lowest BCUT2D eigenvalue weighted by atomic mass is 9.79. The quantitative estimate of drug-likeness (QED) is 0.133. The third kappa shape index (κ3) is 12.6. The summed E-state index contributed by atoms with van der Waals surface area (Å²) in [4.78, 5) is 12.2. The second-order valence-corrected chi connectivity index (χ2v) is 9.21. The molecule has 1 unspecified atom stereocenters. The van der Waals surface area contributed by atoms with Crippen LogP contribution in [0.5, 0.6) is 0 Å². The molecule has 0 saturated carbocycles. The zero-order valence-electron chi connectivity index (χ0n) is 19.1. The predicted octanol–water partition coefficient (Wildman–Crippen LogP) is 8.54. The van der Waals surface area contributed by atoms with E-state index in [0.717, 1.165) is 25.7 Å². The highest BCUT2D eigenvalue weighted by atomic mass is 16.5. The molecule has 2 heteroatoms. The summed E-state index contributed by atoms with van der Waals surface area (Å²) in [5, 5.41) is 0. The van der Waals surface area contributed by atoms with Gasteiger partial charge < -0.3 is 4.74 Å². The van der Waals surface area contributed by atoms with Gasteiger partial charge in [-0.25, -0.2) is 0 Å². The van der Waals surface area contributed by atoms with Crippen LogP contribution in [0.2, 0.25) is 0 Å². The number of allylic oxidation sites excluding steroid dienone is 2. The zero-order valence-corrected chi connectivity index (χ0v) is 19.1. The minimum absolute atomic E-state index is 0.0119. The lowest BCUT2D eigenvalue weighted by Gasteiger charge is -2.28. The highest BCUT2D eigenvalue weighted by Gasteiger charge is 2.34. The van der Waals surface area contributed by atoms with Crippen molar-refractivity contribution < 1.29 is 9.53 Å². The monoisotopic (exact) mass is 392 g/mol. The van der Waals surface area contributed by atoms with Gasteiger partial charge in [-0.15, -0.1) is 0 Å². The molecule has 0 aromatic rings. The molecule has 0 aliphatic heterocycles. The summed E-state index contributed by atoms with van der Waals surface area (Å²) >= 11 is 0. The maximum absolute atomic E-state index is 12.2. The Morgan fingerprint density at radius 2 is 1.21 bits per heavy atom. The van der Waals surface area contributed by atoms with Gasteiger partial charge in [0.15, 0.2) is 0 Å². The van der Waals surface area contributed by atoms with Gasteiger partial charge in [0.1, 0.15) is 0 Å². The van der Waals surface area contributed by atoms with E-state index in [0.29, 0.717) is 6.61 Å². The summed E-state index contributed by atoms with van der Waals surface area (Å²) in [6, 6.07) is 0. The molecule has 0 aromatic carbocycles. The second-order valence-electron chi connectivity index (χ2n) is 9.21. The number of carbonyl (C=O) groups excluding carboxylic acids is 1. The fourth-order valence-electron chi connectivity index (χ4n) is 4.14. The molecule has 1 aliphatic carbocycles. The first-order chi connectivity index (χ1) is 13.7. The molecule has 0 N–H and O–H groups in total. The smallest absolute Gasteiger partial charge is 0.312 e. The van der Waals surface area contributed by atoms with Crippen LogP contribution in [0.25, 0.3) is 0 Å². The summed E-state index contributed by atoms with van der Waals surface area (Å²) in [6.07, 6.45) is 29.0. The lowest BCUT2D eigenvalue weighted by molar-refractivity contribution is -0.155. The summed E-state index contributed by atoms with van der Waals surface area (Å²) < 4.78 is 5.53. The first kappa shape index (κ1) is 25.2. The molecule has 2 nitrogen and oxygen atoms in total. The number of rotatable bonds is 18. The minimum Gasteiger partial charge on any atom is -0.465 e. The molecular weight excluding hydrogens is 344 g/mol. The van der Waals surface area contributed by atoms with Gasteiger partial charge >= 0.3 is 5.97 Å². The Bertz CT molecular complexity index is 401. The molecule has 0 heterocycles. The van der Waals surface area contributed by atoms with Crippen molar-refractivity contribution >= 4 is 5.97 Å². The van der Waals surface area contributed by atoms with Gasteiger partial charge in [-0.1, -0.05) is 115 Å². The first-order valence-corrected chi connectivity index (χ1v) is 12.5. The van der Waals surface area contributed by atoms with E-state index < -0.39 is 0 Å². The molecule has 1 atom stereocenters. The van der Waals surface area contributed by atoms with Crippen LogP contribution >= 0.6 is 0 Å². The van der Waals surface area contributed by atoms with Crippen molar-refractivity contribution in [1.82, 2.24) is 0 Å². The highest BCUT2D eigenvalue weighted by molar-refractivity contribution is 5.76. The van der Waals surface area contributed by atoms with E-state index in [2.05, 4.69) is 19.1 Å². The molecule has 0 saturated heterocycles. The summed E-state index contributed by atoms with van der Waals surface area (Å²) in [7, 11) is 0. The van der Waals surface area contributed by atoms with Crippen LogP contribution in [0.1, 0.15) is 136 Å². The average Bonchev–Trinajstić information content (AvgIpc) is 2.70. The van der Waals surface area contributed by atoms with Crippen LogP contribution in [0, 0.1) is 5.41 Å². The van der Waals surface area contributed by atoms with Crippen LogP contribution in [0.4, 0.5) is 0 Å². The zero-order chi connectivity index (χ0) is 20.3. The Kier molecular flexibility index (Phi) is 15.4. The minimum atomic E-state index is -0.274. The topological polar surface area (TPSA) is 26.3 Å². The van der Waals surface area contributed by atoms with Crippen molar-refractivity contribution in [2.24, 2.45) is 5.41 Å². The van der Waals surface area contributed by atoms with E-state index in [9.17, 15) is 4.79 Å². The van der Waals surface area contributed by atoms with E-state index in [1.165, 1.54) is 96.3 Å². The van der Waals surface area contributed by atoms with Crippen LogP contribution < -0.4 is 0 Å². The molecule has 0 spiro atoms. The Balaban J connectivity index is 1.77. The SMILES string of the molecule is CCCCCCCCCCCCCCCCCCOC(=O)C1(C)CC=CCC1. The van der Waals surface area contributed by atoms with Crippen molar-refractivity contribution in [2.75, 3.05) is 6.61 Å². The van der Waals surface area contributed by atoms with Crippen LogP contribution in [-0.2, 0) is 9.53 Å². The summed E-state index contributed by atoms with van der Waals surface area (Å²) in [5.41, 5.74) is -0.274. The van der Waals surface area contributed by atoms with Gasteiger partial charge in [-0.05, 0) is 32.6 Å². The molecule has 1 aliphatic rings. The second kappa shape index (κ2) is 17.1. The largest absolute Gasteiger partial charge is 0.465 e. The number of hydrogen-bond acceptors (Lipinski definition) is 2. The van der Waals surface area contributed by atoms with Crippen molar-refractivity contribution in [3.05, 3.63) is 12.2 Å². The van der Waals surface area contributed by atoms with Crippen molar-refractivity contribution in [2.45, 2.75) is 136 Å². The predicted molar refractivity (Wildman–Crippen MR) is 122 cm³/mol. The fourth-order valence-corrected chi connectivity index (χ4v) is 4.14. The number of unbranched alkanes of at least 4 members (excludes halogenated alkanes) is 15. The van der Waals surface area contributed by atoms with E-state index >= 15 is 0 Å². The van der Waals surface area contributed by atoms with Crippen LogP contribution in [-0.4, -0.2) is 12.6 Å². The first-order valence-electron chi connectivity index (χ1n) is 12.5. The summed E-state index contributed by atoms with van der Waals surface area (Å²) in [5.74, 6) is 0.0119. The molecule has 0 radical (unpaired) electrons. The molecule has 0 amide bonds. The number of hydrogen-bond donors (Lipinski definition) is 0. The van der Waals surface area contributed by atoms with E-state index in [4.69, 9.17) is 4.74 Å². The van der Waals surface area contributed by atoms with Gasteiger partial charge in [0, 0.05) is 0 Å². The maximum atomic E-state index is 12.2. The van der Waals surface area contributed by atoms with E-state index in [-0.39, 0.29) is 11.4 Å². The average molecular weight is 393 g/mol. The molecule has 0 aromatic heterocycles. The van der Waals surface area contributed by atoms with Crippen molar-refractivity contribution in [3.8, 4) is 0 Å². The summed E-state index contributed by atoms with van der Waals surface area (Å²) in [6.45, 7) is 4.94. The Hall–Kier alpha value is -0.790. The highest BCUT2D eigenvalue weighted by Crippen LogP contribution is 2.33. The molecule has 0 fully saturated rings. The number of esters is 1. The Labute approximate surface area is 175 Å². The Morgan fingerprint density at radius 1 is 0.750 bits per heavy atom. The third-order valence-corrected chi connectivity index (χ3v) is 6.32. The maximum Gasteiger partial charge on any atom is 0.312 e. The van der Waals surface area contributed by atoms with Gasteiger partial charge in [0.05, 0.1) is 12.0 Å². The number of carbonyl (C=O) groups is 1. The van der Waals surface area contributed by atoms with Crippen molar-refractivity contribution in [1.29, 1.82) is 0 Å². The standard InChI is InChI=1S/C26H48O2/c1-3-4-5-6-7-8-9-10-11-12-13-14-15-16-17-21-24-28-25(27)26(2)22-19-18-20-23-26/h18-19H,3-17,20-24H2,1-2H3. The molecular formula is C26H48O2. The van der Waals surface area contributed by atoms with Crippen LogP contribution in [0.3, 0.4) is 0 Å². The van der Waals surface area contributed by atoms with E-state index in [1.54, 1.807) is 0 Å². The lowest BCUT2D eigenvalue weighted by Crippen LogP contribution is -2.30. The number of ether oxygens (including phenoxy) is 1. The fraction of sp³-hybridized carbons (Fsp3) is 0.885. The van der Waals surface area contributed by atoms with Gasteiger partial charge in [-0.3, -0.25) is 4.79 Å². The van der Waals surface area contributed by atoms with E-state index in [1.807, 2.05) is 6.92 Å². The third-order valence-electron chi connectivity index (χ3n) is 6.32. The van der Waals surface area contributed by atoms with Gasteiger partial charge in [-0.2, -0.15) is 0 Å². The molecule has 28 heavy (non-hydrogen) atoms. The van der Waals surface area contributed by atoms with Crippen molar-refractivity contribution in [3.63, 3.8) is 0 Å². The van der Waals surface area contributed by atoms with Gasteiger partial charge in [0.2, 0.25) is 0 Å². The normalized spacial score (nSPS) is 19.1. The molecule has 0 bridgehead atoms.